The van der Waals surface area contributed by atoms with E-state index in [1.165, 1.54) is 83.6 Å². The van der Waals surface area contributed by atoms with Gasteiger partial charge in [-0.25, -0.2) is 0 Å². The first kappa shape index (κ1) is 26.1. The average molecular weight is 458 g/mol. The molecule has 0 saturated carbocycles. The molecule has 2 saturated heterocycles. The number of aryl methyl sites for hydroxylation is 1. The minimum atomic E-state index is -0.116. The smallest absolute Gasteiger partial charge is 0.310 e. The molecule has 186 valence electrons. The van der Waals surface area contributed by atoms with Crippen molar-refractivity contribution in [1.29, 1.82) is 0 Å². The van der Waals surface area contributed by atoms with Crippen LogP contribution < -0.4 is 4.74 Å². The largest absolute Gasteiger partial charge is 0.496 e. The summed E-state index contributed by atoms with van der Waals surface area (Å²) in [6.45, 7) is 5.55. The van der Waals surface area contributed by atoms with E-state index < -0.39 is 0 Å². The lowest BCUT2D eigenvalue weighted by molar-refractivity contribution is -0.154. The van der Waals surface area contributed by atoms with E-state index in [9.17, 15) is 4.79 Å². The number of ether oxygens (including phenoxy) is 2. The number of nitrogens with zero attached hydrogens (tertiary/aromatic N) is 1. The van der Waals surface area contributed by atoms with Crippen molar-refractivity contribution in [1.82, 2.24) is 4.90 Å². The fourth-order valence-electron chi connectivity index (χ4n) is 5.92. The number of carbonyl (C=O) groups is 1. The summed E-state index contributed by atoms with van der Waals surface area (Å²) in [7, 11) is 1.66. The van der Waals surface area contributed by atoms with Gasteiger partial charge in [0, 0.05) is 30.5 Å². The van der Waals surface area contributed by atoms with Crippen LogP contribution in [0.5, 0.6) is 5.75 Å². The molecule has 2 unspecified atom stereocenters. The molecule has 3 rings (SSSR count). The molecule has 4 nitrogen and oxygen atoms in total. The van der Waals surface area contributed by atoms with Gasteiger partial charge in [-0.3, -0.25) is 9.69 Å². The van der Waals surface area contributed by atoms with E-state index >= 15 is 0 Å². The van der Waals surface area contributed by atoms with Crippen LogP contribution in [0.3, 0.4) is 0 Å². The summed E-state index contributed by atoms with van der Waals surface area (Å²) in [6.07, 6.45) is 18.7. The summed E-state index contributed by atoms with van der Waals surface area (Å²) >= 11 is 0. The Hall–Kier alpha value is -1.55. The molecule has 2 aliphatic heterocycles. The summed E-state index contributed by atoms with van der Waals surface area (Å²) in [5.41, 5.74) is 2.06. The summed E-state index contributed by atoms with van der Waals surface area (Å²) < 4.78 is 11.4. The third-order valence-corrected chi connectivity index (χ3v) is 7.67. The molecule has 0 aromatic heterocycles. The zero-order valence-electron chi connectivity index (χ0n) is 21.4. The van der Waals surface area contributed by atoms with Crippen molar-refractivity contribution in [3.8, 4) is 5.75 Å². The molecule has 0 N–H and O–H groups in total. The average Bonchev–Trinajstić information content (AvgIpc) is 2.78. The number of hydrogen-bond donors (Lipinski definition) is 0. The van der Waals surface area contributed by atoms with Crippen LogP contribution in [0.1, 0.15) is 108 Å². The van der Waals surface area contributed by atoms with Crippen molar-refractivity contribution in [2.24, 2.45) is 0 Å². The summed E-state index contributed by atoms with van der Waals surface area (Å²) in [6, 6.07) is 7.17. The normalized spacial score (nSPS) is 22.8. The molecule has 2 fully saturated rings. The molecule has 33 heavy (non-hydrogen) atoms. The highest BCUT2D eigenvalue weighted by Gasteiger charge is 2.39. The van der Waals surface area contributed by atoms with Crippen LogP contribution >= 0.6 is 0 Å². The second kappa shape index (κ2) is 14.0. The van der Waals surface area contributed by atoms with Crippen molar-refractivity contribution < 1.29 is 14.3 Å². The highest BCUT2D eigenvalue weighted by Crippen LogP contribution is 2.36. The van der Waals surface area contributed by atoms with Gasteiger partial charge in [0.2, 0.25) is 0 Å². The molecule has 0 spiro atoms. The van der Waals surface area contributed by atoms with Crippen molar-refractivity contribution in [3.63, 3.8) is 0 Å². The monoisotopic (exact) mass is 457 g/mol. The number of unbranched alkanes of at least 4 members (excludes halogenated alkanes) is 8. The zero-order valence-corrected chi connectivity index (χ0v) is 21.4. The number of benzene rings is 1. The van der Waals surface area contributed by atoms with E-state index in [1.54, 1.807) is 7.11 Å². The molecule has 4 heteroatoms. The van der Waals surface area contributed by atoms with Crippen LogP contribution in [0.2, 0.25) is 0 Å². The molecule has 0 radical (unpaired) electrons. The van der Waals surface area contributed by atoms with Crippen LogP contribution in [0.25, 0.3) is 0 Å². The molecule has 2 aliphatic rings. The van der Waals surface area contributed by atoms with Gasteiger partial charge >= 0.3 is 5.97 Å². The van der Waals surface area contributed by atoms with Gasteiger partial charge in [0.1, 0.15) is 11.9 Å². The van der Waals surface area contributed by atoms with Crippen LogP contribution in [0.4, 0.5) is 0 Å². The number of fused-ring (bicyclic) bond motifs is 2. The Bertz CT molecular complexity index is 705. The van der Waals surface area contributed by atoms with Crippen molar-refractivity contribution >= 4 is 5.97 Å². The maximum atomic E-state index is 12.7. The fourth-order valence-corrected chi connectivity index (χ4v) is 5.92. The van der Waals surface area contributed by atoms with Crippen molar-refractivity contribution in [2.75, 3.05) is 13.7 Å². The van der Waals surface area contributed by atoms with Crippen molar-refractivity contribution in [2.45, 2.75) is 128 Å². The first-order valence-electron chi connectivity index (χ1n) is 13.7. The molecule has 2 bridgehead atoms. The third-order valence-electron chi connectivity index (χ3n) is 7.67. The predicted molar refractivity (Wildman–Crippen MR) is 136 cm³/mol. The van der Waals surface area contributed by atoms with E-state index in [0.29, 0.717) is 18.5 Å². The number of methoxy groups -OCH3 is 1. The topological polar surface area (TPSA) is 38.8 Å². The number of esters is 1. The Balaban J connectivity index is 1.39. The van der Waals surface area contributed by atoms with Gasteiger partial charge in [0.25, 0.3) is 0 Å². The Morgan fingerprint density at radius 3 is 2.24 bits per heavy atom. The van der Waals surface area contributed by atoms with Gasteiger partial charge in [0.15, 0.2) is 0 Å². The van der Waals surface area contributed by atoms with E-state index in [4.69, 9.17) is 9.47 Å². The van der Waals surface area contributed by atoms with Crippen molar-refractivity contribution in [3.05, 3.63) is 29.3 Å². The van der Waals surface area contributed by atoms with E-state index in [1.807, 2.05) is 25.1 Å². The van der Waals surface area contributed by atoms with Crippen LogP contribution in [-0.4, -0.2) is 42.7 Å². The van der Waals surface area contributed by atoms with Gasteiger partial charge in [-0.1, -0.05) is 82.4 Å². The molecular weight excluding hydrogens is 410 g/mol. The van der Waals surface area contributed by atoms with E-state index in [2.05, 4.69) is 11.8 Å². The van der Waals surface area contributed by atoms with Gasteiger partial charge in [-0.05, 0) is 38.8 Å². The van der Waals surface area contributed by atoms with E-state index in [0.717, 1.165) is 29.7 Å². The Kier molecular flexibility index (Phi) is 11.0. The second-order valence-corrected chi connectivity index (χ2v) is 10.4. The number of hydrogen-bond acceptors (Lipinski definition) is 4. The quantitative estimate of drug-likeness (QED) is 0.223. The Labute approximate surface area is 202 Å². The summed E-state index contributed by atoms with van der Waals surface area (Å²) in [5.74, 6) is 0.652. The highest BCUT2D eigenvalue weighted by atomic mass is 16.5. The van der Waals surface area contributed by atoms with Crippen LogP contribution in [0, 0.1) is 6.92 Å². The van der Waals surface area contributed by atoms with Gasteiger partial charge in [0.05, 0.1) is 13.5 Å². The Morgan fingerprint density at radius 2 is 1.61 bits per heavy atom. The third kappa shape index (κ3) is 8.31. The predicted octanol–water partition coefficient (Wildman–Crippen LogP) is 7.01. The molecular formula is C29H47NO3. The van der Waals surface area contributed by atoms with Gasteiger partial charge < -0.3 is 9.47 Å². The minimum absolute atomic E-state index is 0.0722. The lowest BCUT2D eigenvalue weighted by Gasteiger charge is -2.48. The van der Waals surface area contributed by atoms with Crippen LogP contribution in [0.15, 0.2) is 18.2 Å². The zero-order chi connectivity index (χ0) is 23.5. The SMILES string of the molecule is CCCCCCCCCCCN1C2CCCC1CC(OC(=O)Cc1cc(C)ccc1OC)C2. The molecule has 2 atom stereocenters. The fraction of sp³-hybridized carbons (Fsp3) is 0.759. The van der Waals surface area contributed by atoms with Gasteiger partial charge in [-0.15, -0.1) is 0 Å². The minimum Gasteiger partial charge on any atom is -0.496 e. The number of carbonyl (C=O) groups excluding carboxylic acids is 1. The number of piperidine rings is 2. The first-order valence-corrected chi connectivity index (χ1v) is 13.7. The van der Waals surface area contributed by atoms with E-state index in [-0.39, 0.29) is 12.1 Å². The molecule has 0 amide bonds. The molecule has 0 aliphatic carbocycles. The maximum Gasteiger partial charge on any atom is 0.310 e. The molecule has 1 aromatic rings. The lowest BCUT2D eigenvalue weighted by atomic mass is 9.82. The van der Waals surface area contributed by atoms with Crippen LogP contribution in [-0.2, 0) is 16.0 Å². The second-order valence-electron chi connectivity index (χ2n) is 10.4. The molecule has 1 aromatic carbocycles. The first-order chi connectivity index (χ1) is 16.1. The Morgan fingerprint density at radius 1 is 0.970 bits per heavy atom. The maximum absolute atomic E-state index is 12.7. The summed E-state index contributed by atoms with van der Waals surface area (Å²) in [5, 5.41) is 0. The standard InChI is InChI=1S/C29H47NO3/c1-4-5-6-7-8-9-10-11-12-18-30-25-14-13-15-26(30)22-27(21-25)33-29(31)20-24-19-23(2)16-17-28(24)32-3/h16-17,19,25-27H,4-15,18,20-22H2,1-3H3. The molecule has 2 heterocycles. The lowest BCUT2D eigenvalue weighted by Crippen LogP contribution is -2.54. The van der Waals surface area contributed by atoms with Gasteiger partial charge in [-0.2, -0.15) is 0 Å². The highest BCUT2D eigenvalue weighted by molar-refractivity contribution is 5.74. The summed E-state index contributed by atoms with van der Waals surface area (Å²) in [4.78, 5) is 15.5. The number of rotatable bonds is 14.